The van der Waals surface area contributed by atoms with Gasteiger partial charge in [-0.25, -0.2) is 5.43 Å². The van der Waals surface area contributed by atoms with E-state index in [0.29, 0.717) is 5.02 Å². The summed E-state index contributed by atoms with van der Waals surface area (Å²) < 4.78 is 0.916. The molecule has 5 heteroatoms. The largest absolute Gasteiger partial charge is 0.271 e. The third-order valence-electron chi connectivity index (χ3n) is 3.47. The molecule has 1 heterocycles. The van der Waals surface area contributed by atoms with E-state index in [0.717, 1.165) is 26.4 Å². The molecule has 1 unspecified atom stereocenters. The Hall–Kier alpha value is -1.46. The van der Waals surface area contributed by atoms with E-state index >= 15 is 0 Å². The van der Waals surface area contributed by atoms with E-state index in [-0.39, 0.29) is 6.04 Å². The van der Waals surface area contributed by atoms with E-state index in [4.69, 9.17) is 17.4 Å². The molecule has 0 aliphatic rings. The zero-order valence-electron chi connectivity index (χ0n) is 11.1. The minimum Gasteiger partial charge on any atom is -0.271 e. The van der Waals surface area contributed by atoms with Crippen molar-refractivity contribution in [2.24, 2.45) is 5.84 Å². The van der Waals surface area contributed by atoms with Gasteiger partial charge in [-0.15, -0.1) is 0 Å². The first kappa shape index (κ1) is 14.5. The van der Waals surface area contributed by atoms with E-state index in [1.54, 1.807) is 6.20 Å². The number of nitrogens with two attached hydrogens (primary N) is 1. The van der Waals surface area contributed by atoms with Crippen molar-refractivity contribution in [2.45, 2.75) is 6.04 Å². The Morgan fingerprint density at radius 2 is 2.00 bits per heavy atom. The van der Waals surface area contributed by atoms with Crippen molar-refractivity contribution < 1.29 is 0 Å². The lowest BCUT2D eigenvalue weighted by molar-refractivity contribution is 0.638. The van der Waals surface area contributed by atoms with Gasteiger partial charge in [0.25, 0.3) is 0 Å². The summed E-state index contributed by atoms with van der Waals surface area (Å²) in [5.41, 5.74) is 4.99. The number of nitrogens with one attached hydrogen (secondary N) is 1. The van der Waals surface area contributed by atoms with Gasteiger partial charge in [-0.1, -0.05) is 51.8 Å². The minimum atomic E-state index is -0.149. The van der Waals surface area contributed by atoms with Crippen LogP contribution in [0.4, 0.5) is 0 Å². The summed E-state index contributed by atoms with van der Waals surface area (Å²) in [7, 11) is 0. The van der Waals surface area contributed by atoms with E-state index < -0.39 is 0 Å². The quantitative estimate of drug-likeness (QED) is 0.542. The summed E-state index contributed by atoms with van der Waals surface area (Å²) in [4.78, 5) is 4.22. The average Bonchev–Trinajstić information content (AvgIpc) is 2.50. The van der Waals surface area contributed by atoms with Crippen LogP contribution in [0.2, 0.25) is 5.02 Å². The predicted octanol–water partition coefficient (Wildman–Crippen LogP) is 4.20. The highest BCUT2D eigenvalue weighted by Crippen LogP contribution is 2.33. The maximum Gasteiger partial charge on any atom is 0.0727 e. The summed E-state index contributed by atoms with van der Waals surface area (Å²) in [6, 6.07) is 13.7. The number of nitrogens with zero attached hydrogens (tertiary/aromatic N) is 1. The Morgan fingerprint density at radius 3 is 2.76 bits per heavy atom. The van der Waals surface area contributed by atoms with Gasteiger partial charge in [0.05, 0.1) is 6.04 Å². The molecule has 0 aliphatic heterocycles. The lowest BCUT2D eigenvalue weighted by Crippen LogP contribution is -2.29. The van der Waals surface area contributed by atoms with E-state index in [2.05, 4.69) is 38.5 Å². The van der Waals surface area contributed by atoms with E-state index in [1.807, 2.05) is 36.5 Å². The molecule has 0 amide bonds. The smallest absolute Gasteiger partial charge is 0.0727 e. The number of hydrogen-bond donors (Lipinski definition) is 2. The van der Waals surface area contributed by atoms with Crippen molar-refractivity contribution >= 4 is 38.3 Å². The number of rotatable bonds is 3. The fourth-order valence-corrected chi connectivity index (χ4v) is 3.38. The van der Waals surface area contributed by atoms with Gasteiger partial charge in [-0.3, -0.25) is 10.8 Å². The number of pyridine rings is 1. The second-order valence-electron chi connectivity index (χ2n) is 4.71. The van der Waals surface area contributed by atoms with Crippen LogP contribution in [0.1, 0.15) is 17.2 Å². The fraction of sp³-hybridized carbons (Fsp3) is 0.0625. The van der Waals surface area contributed by atoms with Crippen molar-refractivity contribution in [1.82, 2.24) is 10.4 Å². The number of benzene rings is 2. The molecule has 0 saturated carbocycles. The van der Waals surface area contributed by atoms with Gasteiger partial charge in [-0.2, -0.15) is 0 Å². The molecule has 106 valence electrons. The van der Waals surface area contributed by atoms with Crippen LogP contribution in [0.15, 0.2) is 59.3 Å². The molecule has 3 rings (SSSR count). The second kappa shape index (κ2) is 6.12. The van der Waals surface area contributed by atoms with Crippen molar-refractivity contribution in [3.8, 4) is 0 Å². The first-order valence-electron chi connectivity index (χ1n) is 6.44. The first-order valence-corrected chi connectivity index (χ1v) is 7.61. The number of hydrazine groups is 1. The summed E-state index contributed by atoms with van der Waals surface area (Å²) in [6.07, 6.45) is 3.65. The molecule has 0 saturated heterocycles. The third-order valence-corrected chi connectivity index (χ3v) is 4.39. The summed E-state index contributed by atoms with van der Waals surface area (Å²) >= 11 is 9.57. The zero-order valence-corrected chi connectivity index (χ0v) is 13.4. The monoisotopic (exact) mass is 361 g/mol. The number of halogens is 2. The molecule has 0 spiro atoms. The molecule has 2 aromatic carbocycles. The Labute approximate surface area is 136 Å². The van der Waals surface area contributed by atoms with E-state index in [9.17, 15) is 0 Å². The van der Waals surface area contributed by atoms with Gasteiger partial charge in [0.15, 0.2) is 0 Å². The molecule has 0 bridgehead atoms. The van der Waals surface area contributed by atoms with Crippen molar-refractivity contribution in [1.29, 1.82) is 0 Å². The Bertz CT molecular complexity index is 786. The molecule has 0 aliphatic carbocycles. The van der Waals surface area contributed by atoms with Crippen LogP contribution in [-0.2, 0) is 0 Å². The van der Waals surface area contributed by atoms with Crippen molar-refractivity contribution in [3.05, 3.63) is 75.5 Å². The normalized spacial score (nSPS) is 12.5. The lowest BCUT2D eigenvalue weighted by Gasteiger charge is -2.20. The first-order chi connectivity index (χ1) is 10.2. The number of hydrogen-bond acceptors (Lipinski definition) is 3. The number of aromatic nitrogens is 1. The summed E-state index contributed by atoms with van der Waals surface area (Å²) in [5.74, 6) is 5.81. The molecular weight excluding hydrogens is 350 g/mol. The molecular formula is C16H13BrClN3. The predicted molar refractivity (Wildman–Crippen MR) is 90.1 cm³/mol. The van der Waals surface area contributed by atoms with Gasteiger partial charge in [0.2, 0.25) is 0 Å². The van der Waals surface area contributed by atoms with Crippen LogP contribution in [0.25, 0.3) is 10.8 Å². The Morgan fingerprint density at radius 1 is 1.14 bits per heavy atom. The Balaban J connectivity index is 2.18. The maximum absolute atomic E-state index is 6.01. The van der Waals surface area contributed by atoms with Crippen molar-refractivity contribution in [3.63, 3.8) is 0 Å². The third kappa shape index (κ3) is 2.80. The van der Waals surface area contributed by atoms with Gasteiger partial charge in [-0.05, 0) is 34.7 Å². The molecule has 3 aromatic rings. The molecule has 0 fully saturated rings. The highest BCUT2D eigenvalue weighted by molar-refractivity contribution is 9.10. The average molecular weight is 363 g/mol. The van der Waals surface area contributed by atoms with Crippen LogP contribution < -0.4 is 11.3 Å². The standard InChI is InChI=1S/C16H13BrClN3/c17-15-8-11(18)4-5-13(15)16(21-19)12-3-1-2-10-6-7-20-9-14(10)12/h1-9,16,21H,19H2. The van der Waals surface area contributed by atoms with Crippen LogP contribution in [0.5, 0.6) is 0 Å². The van der Waals surface area contributed by atoms with Crippen LogP contribution in [-0.4, -0.2) is 4.98 Å². The van der Waals surface area contributed by atoms with Crippen molar-refractivity contribution in [2.75, 3.05) is 0 Å². The van der Waals surface area contributed by atoms with Crippen LogP contribution in [0, 0.1) is 0 Å². The Kier molecular flexibility index (Phi) is 4.22. The highest BCUT2D eigenvalue weighted by Gasteiger charge is 2.17. The SMILES string of the molecule is NNC(c1ccc(Cl)cc1Br)c1cccc2ccncc12. The van der Waals surface area contributed by atoms with Gasteiger partial charge < -0.3 is 0 Å². The lowest BCUT2D eigenvalue weighted by atomic mass is 9.95. The minimum absolute atomic E-state index is 0.149. The molecule has 0 radical (unpaired) electrons. The topological polar surface area (TPSA) is 50.9 Å². The summed E-state index contributed by atoms with van der Waals surface area (Å²) in [5, 5.41) is 2.89. The molecule has 3 N–H and O–H groups in total. The van der Waals surface area contributed by atoms with Crippen LogP contribution in [0.3, 0.4) is 0 Å². The van der Waals surface area contributed by atoms with Gasteiger partial charge in [0.1, 0.15) is 0 Å². The second-order valence-corrected chi connectivity index (χ2v) is 6.00. The number of fused-ring (bicyclic) bond motifs is 1. The molecule has 1 atom stereocenters. The molecule has 3 nitrogen and oxygen atoms in total. The van der Waals surface area contributed by atoms with Gasteiger partial charge >= 0.3 is 0 Å². The van der Waals surface area contributed by atoms with E-state index in [1.165, 1.54) is 0 Å². The summed E-state index contributed by atoms with van der Waals surface area (Å²) in [6.45, 7) is 0. The van der Waals surface area contributed by atoms with Crippen LogP contribution >= 0.6 is 27.5 Å². The zero-order chi connectivity index (χ0) is 14.8. The highest BCUT2D eigenvalue weighted by atomic mass is 79.9. The molecule has 21 heavy (non-hydrogen) atoms. The molecule has 1 aromatic heterocycles. The maximum atomic E-state index is 6.01. The van der Waals surface area contributed by atoms with Gasteiger partial charge in [0, 0.05) is 27.3 Å². The fourth-order valence-electron chi connectivity index (χ4n) is 2.47.